The van der Waals surface area contributed by atoms with Gasteiger partial charge >= 0.3 is 0 Å². The Morgan fingerprint density at radius 3 is 2.32 bits per heavy atom. The van der Waals surface area contributed by atoms with Crippen molar-refractivity contribution in [2.45, 2.75) is 52.2 Å². The summed E-state index contributed by atoms with van der Waals surface area (Å²) in [6.07, 6.45) is 1.64. The monoisotopic (exact) mass is 503 g/mol. The van der Waals surface area contributed by atoms with Gasteiger partial charge in [0.05, 0.1) is 25.9 Å². The minimum Gasteiger partial charge on any atom is -0.493 e. The average Bonchev–Trinajstić information content (AvgIpc) is 2.87. The molecule has 1 amide bonds. The molecule has 1 unspecified atom stereocenters. The molecular weight excluding hydrogens is 466 g/mol. The molecule has 1 atom stereocenters. The van der Waals surface area contributed by atoms with Crippen molar-refractivity contribution in [3.05, 3.63) is 77.4 Å². The maximum atomic E-state index is 11.7. The SMILES string of the molecule is COc1cc2c(cc1OC)C(Cc1ccc(-c3ccccc3NC(C)=O)cc1)N(NOC(C)(C)C)CC2. The van der Waals surface area contributed by atoms with Crippen LogP contribution in [0.15, 0.2) is 60.7 Å². The molecule has 0 bridgehead atoms. The maximum absolute atomic E-state index is 11.7. The van der Waals surface area contributed by atoms with Crippen molar-refractivity contribution >= 4 is 11.6 Å². The smallest absolute Gasteiger partial charge is 0.221 e. The van der Waals surface area contributed by atoms with Crippen LogP contribution in [-0.4, -0.2) is 37.3 Å². The molecule has 0 radical (unpaired) electrons. The number of carbonyl (C=O) groups is 1. The lowest BCUT2D eigenvalue weighted by Crippen LogP contribution is -2.48. The summed E-state index contributed by atoms with van der Waals surface area (Å²) in [5, 5.41) is 5.09. The zero-order valence-corrected chi connectivity index (χ0v) is 22.6. The van der Waals surface area contributed by atoms with E-state index in [1.807, 2.05) is 45.0 Å². The van der Waals surface area contributed by atoms with Gasteiger partial charge in [-0.1, -0.05) is 42.5 Å². The van der Waals surface area contributed by atoms with Crippen molar-refractivity contribution in [3.63, 3.8) is 0 Å². The van der Waals surface area contributed by atoms with E-state index in [9.17, 15) is 4.79 Å². The Bertz CT molecular complexity index is 1230. The summed E-state index contributed by atoms with van der Waals surface area (Å²) in [6, 6.07) is 20.6. The van der Waals surface area contributed by atoms with E-state index in [0.29, 0.717) is 0 Å². The van der Waals surface area contributed by atoms with Crippen LogP contribution in [0.2, 0.25) is 0 Å². The van der Waals surface area contributed by atoms with Crippen molar-refractivity contribution in [2.75, 3.05) is 26.1 Å². The van der Waals surface area contributed by atoms with Gasteiger partial charge in [0.2, 0.25) is 5.91 Å². The van der Waals surface area contributed by atoms with Crippen LogP contribution in [0.1, 0.15) is 50.4 Å². The lowest BCUT2D eigenvalue weighted by molar-refractivity contribution is -0.170. The summed E-state index contributed by atoms with van der Waals surface area (Å²) in [7, 11) is 3.33. The Balaban J connectivity index is 1.64. The highest BCUT2D eigenvalue weighted by molar-refractivity contribution is 5.94. The van der Waals surface area contributed by atoms with Crippen LogP contribution in [-0.2, 0) is 22.5 Å². The summed E-state index contributed by atoms with van der Waals surface area (Å²) < 4.78 is 11.2. The molecule has 1 aliphatic rings. The summed E-state index contributed by atoms with van der Waals surface area (Å²) in [6.45, 7) is 8.40. The highest BCUT2D eigenvalue weighted by Crippen LogP contribution is 2.39. The molecule has 7 heteroatoms. The molecule has 2 N–H and O–H groups in total. The number of rotatable bonds is 8. The number of nitrogens with one attached hydrogen (secondary N) is 2. The molecule has 0 aliphatic carbocycles. The number of hydrogen-bond acceptors (Lipinski definition) is 6. The van der Waals surface area contributed by atoms with E-state index < -0.39 is 0 Å². The molecule has 0 saturated heterocycles. The standard InChI is InChI=1S/C30H37N3O4/c1-20(34)31-26-10-8-7-9-24(26)22-13-11-21(12-14-22)17-27-25-19-29(36-6)28(35-5)18-23(25)15-16-33(27)32-37-30(2,3)4/h7-14,18-19,27,32H,15-17H2,1-6H3,(H,31,34). The van der Waals surface area contributed by atoms with Crippen molar-refractivity contribution in [1.82, 2.24) is 10.6 Å². The van der Waals surface area contributed by atoms with Crippen molar-refractivity contribution < 1.29 is 19.1 Å². The Hall–Kier alpha value is -3.39. The quantitative estimate of drug-likeness (QED) is 0.384. The topological polar surface area (TPSA) is 72.1 Å². The first-order valence-electron chi connectivity index (χ1n) is 12.6. The summed E-state index contributed by atoms with van der Waals surface area (Å²) in [5.74, 6) is 1.38. The van der Waals surface area contributed by atoms with Crippen LogP contribution in [0, 0.1) is 0 Å². The minimum absolute atomic E-state index is 0.0309. The third kappa shape index (κ3) is 6.49. The first kappa shape index (κ1) is 26.7. The van der Waals surface area contributed by atoms with E-state index >= 15 is 0 Å². The summed E-state index contributed by atoms with van der Waals surface area (Å²) in [5.41, 5.74) is 9.37. The maximum Gasteiger partial charge on any atom is 0.221 e. The van der Waals surface area contributed by atoms with E-state index in [-0.39, 0.29) is 17.6 Å². The molecule has 1 aliphatic heterocycles. The lowest BCUT2D eigenvalue weighted by atomic mass is 9.89. The number of para-hydroxylation sites is 1. The largest absolute Gasteiger partial charge is 0.493 e. The first-order chi connectivity index (χ1) is 17.7. The van der Waals surface area contributed by atoms with Crippen molar-refractivity contribution in [2.24, 2.45) is 0 Å². The number of nitrogens with zero attached hydrogens (tertiary/aromatic N) is 1. The molecule has 196 valence electrons. The third-order valence-electron chi connectivity index (χ3n) is 6.40. The number of hydrogen-bond donors (Lipinski definition) is 2. The number of carbonyl (C=O) groups excluding carboxylic acids is 1. The second-order valence-electron chi connectivity index (χ2n) is 10.3. The van der Waals surface area contributed by atoms with Crippen LogP contribution in [0.5, 0.6) is 11.5 Å². The summed E-state index contributed by atoms with van der Waals surface area (Å²) in [4.78, 5) is 17.6. The highest BCUT2D eigenvalue weighted by atomic mass is 16.7. The van der Waals surface area contributed by atoms with Crippen LogP contribution >= 0.6 is 0 Å². The molecule has 0 saturated carbocycles. The van der Waals surface area contributed by atoms with Gasteiger partial charge < -0.3 is 14.8 Å². The van der Waals surface area contributed by atoms with Crippen molar-refractivity contribution in [1.29, 1.82) is 0 Å². The molecule has 4 rings (SSSR count). The molecule has 3 aromatic rings. The van der Waals surface area contributed by atoms with Crippen LogP contribution in [0.3, 0.4) is 0 Å². The molecule has 37 heavy (non-hydrogen) atoms. The van der Waals surface area contributed by atoms with Gasteiger partial charge in [-0.05, 0) is 74.1 Å². The Morgan fingerprint density at radius 1 is 1.00 bits per heavy atom. The Morgan fingerprint density at radius 2 is 1.68 bits per heavy atom. The lowest BCUT2D eigenvalue weighted by Gasteiger charge is -2.39. The van der Waals surface area contributed by atoms with E-state index in [4.69, 9.17) is 14.3 Å². The fourth-order valence-electron chi connectivity index (χ4n) is 4.63. The Kier molecular flexibility index (Phi) is 8.17. The molecule has 0 fully saturated rings. The molecule has 0 spiro atoms. The number of ether oxygens (including phenoxy) is 2. The normalized spacial score (nSPS) is 15.7. The Labute approximate surface area is 219 Å². The van der Waals surface area contributed by atoms with Gasteiger partial charge in [-0.3, -0.25) is 9.63 Å². The summed E-state index contributed by atoms with van der Waals surface area (Å²) >= 11 is 0. The zero-order chi connectivity index (χ0) is 26.6. The van der Waals surface area contributed by atoms with E-state index in [2.05, 4.69) is 52.3 Å². The van der Waals surface area contributed by atoms with Gasteiger partial charge in [-0.15, -0.1) is 5.59 Å². The van der Waals surface area contributed by atoms with Crippen LogP contribution in [0.4, 0.5) is 5.69 Å². The minimum atomic E-state index is -0.328. The molecular formula is C30H37N3O4. The van der Waals surface area contributed by atoms with Gasteiger partial charge in [0.15, 0.2) is 11.5 Å². The number of methoxy groups -OCH3 is 2. The van der Waals surface area contributed by atoms with Gasteiger partial charge in [0.25, 0.3) is 0 Å². The first-order valence-corrected chi connectivity index (χ1v) is 12.6. The zero-order valence-electron chi connectivity index (χ0n) is 22.6. The number of amides is 1. The number of anilines is 1. The molecule has 7 nitrogen and oxygen atoms in total. The fraction of sp³-hybridized carbons (Fsp3) is 0.367. The van der Waals surface area contributed by atoms with Crippen LogP contribution in [0.25, 0.3) is 11.1 Å². The van der Waals surface area contributed by atoms with Gasteiger partial charge in [0, 0.05) is 24.7 Å². The van der Waals surface area contributed by atoms with E-state index in [1.54, 1.807) is 14.2 Å². The second-order valence-corrected chi connectivity index (χ2v) is 10.3. The predicted molar refractivity (Wildman–Crippen MR) is 147 cm³/mol. The number of benzene rings is 3. The van der Waals surface area contributed by atoms with Crippen molar-refractivity contribution in [3.8, 4) is 22.6 Å². The van der Waals surface area contributed by atoms with Gasteiger partial charge in [0.1, 0.15) is 0 Å². The van der Waals surface area contributed by atoms with Gasteiger partial charge in [-0.2, -0.15) is 0 Å². The van der Waals surface area contributed by atoms with E-state index in [1.165, 1.54) is 23.6 Å². The second kappa shape index (κ2) is 11.3. The molecule has 3 aromatic carbocycles. The third-order valence-corrected chi connectivity index (χ3v) is 6.40. The van der Waals surface area contributed by atoms with Crippen LogP contribution < -0.4 is 20.4 Å². The van der Waals surface area contributed by atoms with E-state index in [0.717, 1.165) is 47.7 Å². The predicted octanol–water partition coefficient (Wildman–Crippen LogP) is 5.71. The molecule has 0 aromatic heterocycles. The van der Waals surface area contributed by atoms with Gasteiger partial charge in [-0.25, -0.2) is 5.01 Å². The average molecular weight is 504 g/mol. The molecule has 1 heterocycles. The number of fused-ring (bicyclic) bond motifs is 1. The highest BCUT2D eigenvalue weighted by Gasteiger charge is 2.30. The number of hydrazine groups is 1. The fourth-order valence-corrected chi connectivity index (χ4v) is 4.63.